The molecule has 2 fully saturated rings. The summed E-state index contributed by atoms with van der Waals surface area (Å²) in [6.07, 6.45) is 3.00. The monoisotopic (exact) mass is 407 g/mol. The summed E-state index contributed by atoms with van der Waals surface area (Å²) in [7, 11) is 3.15. The lowest BCUT2D eigenvalue weighted by Crippen LogP contribution is -2.60. The van der Waals surface area contributed by atoms with Crippen LogP contribution in [-0.2, 0) is 30.3 Å². The van der Waals surface area contributed by atoms with Gasteiger partial charge in [-0.05, 0) is 12.5 Å². The summed E-state index contributed by atoms with van der Waals surface area (Å²) in [6, 6.07) is 4.55. The molecule has 29 heavy (non-hydrogen) atoms. The normalized spacial score (nSPS) is 24.1. The van der Waals surface area contributed by atoms with Crippen molar-refractivity contribution >= 4 is 11.8 Å². The third-order valence-electron chi connectivity index (χ3n) is 5.85. The Bertz CT molecular complexity index is 771. The summed E-state index contributed by atoms with van der Waals surface area (Å²) in [5.41, 5.74) is -1.21. The van der Waals surface area contributed by atoms with Gasteiger partial charge in [-0.25, -0.2) is 0 Å². The van der Waals surface area contributed by atoms with E-state index in [9.17, 15) is 14.4 Å². The van der Waals surface area contributed by atoms with E-state index in [4.69, 9.17) is 14.2 Å². The van der Waals surface area contributed by atoms with Crippen LogP contribution in [0.1, 0.15) is 19.3 Å². The molecule has 0 unspecified atom stereocenters. The number of carbonyl (C=O) groups excluding carboxylic acids is 2. The van der Waals surface area contributed by atoms with Crippen molar-refractivity contribution in [3.05, 3.63) is 34.7 Å². The van der Waals surface area contributed by atoms with Crippen LogP contribution in [0.15, 0.2) is 29.2 Å². The van der Waals surface area contributed by atoms with Crippen molar-refractivity contribution in [3.63, 3.8) is 0 Å². The fraction of sp³-hybridized carbons (Fsp3) is 0.650. The molecule has 3 rings (SSSR count). The predicted octanol–water partition coefficient (Wildman–Crippen LogP) is -0.224. The molecule has 1 aromatic rings. The fourth-order valence-corrected chi connectivity index (χ4v) is 3.91. The Balaban J connectivity index is 1.58. The Morgan fingerprint density at radius 1 is 1.28 bits per heavy atom. The lowest BCUT2D eigenvalue weighted by molar-refractivity contribution is -0.156. The van der Waals surface area contributed by atoms with Crippen molar-refractivity contribution in [1.82, 2.24) is 14.8 Å². The first-order valence-electron chi connectivity index (χ1n) is 9.89. The Morgan fingerprint density at radius 2 is 2.03 bits per heavy atom. The van der Waals surface area contributed by atoms with Crippen molar-refractivity contribution in [3.8, 4) is 0 Å². The SMILES string of the molecule is CO[C@@H]1CCOC[C@H]1NC(=O)C1(OC)CCN(C(=O)Cn2ccccc2=O)CC1. The molecule has 160 valence electrons. The molecule has 2 aliphatic rings. The van der Waals surface area contributed by atoms with Crippen molar-refractivity contribution in [1.29, 1.82) is 0 Å². The zero-order valence-corrected chi connectivity index (χ0v) is 17.0. The zero-order chi connectivity index (χ0) is 20.9. The van der Waals surface area contributed by atoms with E-state index in [1.807, 2.05) is 0 Å². The number of aromatic nitrogens is 1. The number of amides is 2. The first-order chi connectivity index (χ1) is 14.0. The van der Waals surface area contributed by atoms with E-state index >= 15 is 0 Å². The molecule has 2 amide bonds. The molecule has 0 aromatic carbocycles. The van der Waals surface area contributed by atoms with Crippen LogP contribution in [0.4, 0.5) is 0 Å². The zero-order valence-electron chi connectivity index (χ0n) is 17.0. The van der Waals surface area contributed by atoms with Gasteiger partial charge in [0, 0.05) is 59.0 Å². The van der Waals surface area contributed by atoms with E-state index < -0.39 is 5.60 Å². The summed E-state index contributed by atoms with van der Waals surface area (Å²) < 4.78 is 17.9. The molecule has 9 heteroatoms. The Hall–Kier alpha value is -2.23. The van der Waals surface area contributed by atoms with Gasteiger partial charge in [0.1, 0.15) is 12.1 Å². The van der Waals surface area contributed by atoms with Crippen molar-refractivity contribution < 1.29 is 23.8 Å². The predicted molar refractivity (Wildman–Crippen MR) is 104 cm³/mol. The minimum atomic E-state index is -0.990. The van der Waals surface area contributed by atoms with Crippen LogP contribution in [0.25, 0.3) is 0 Å². The largest absolute Gasteiger partial charge is 0.379 e. The highest BCUT2D eigenvalue weighted by molar-refractivity contribution is 5.86. The van der Waals surface area contributed by atoms with E-state index in [0.29, 0.717) is 39.1 Å². The second-order valence-corrected chi connectivity index (χ2v) is 7.46. The molecule has 0 radical (unpaired) electrons. The lowest BCUT2D eigenvalue weighted by atomic mass is 9.89. The average molecular weight is 407 g/mol. The number of hydrogen-bond donors (Lipinski definition) is 1. The van der Waals surface area contributed by atoms with Gasteiger partial charge in [-0.2, -0.15) is 0 Å². The van der Waals surface area contributed by atoms with Crippen LogP contribution in [0.2, 0.25) is 0 Å². The molecule has 3 heterocycles. The molecular weight excluding hydrogens is 378 g/mol. The van der Waals surface area contributed by atoms with Gasteiger partial charge in [0.2, 0.25) is 5.91 Å². The van der Waals surface area contributed by atoms with Gasteiger partial charge in [0.25, 0.3) is 11.5 Å². The quantitative estimate of drug-likeness (QED) is 0.700. The van der Waals surface area contributed by atoms with Crippen LogP contribution < -0.4 is 10.9 Å². The lowest BCUT2D eigenvalue weighted by Gasteiger charge is -2.41. The second-order valence-electron chi connectivity index (χ2n) is 7.46. The molecule has 1 aromatic heterocycles. The molecular formula is C20H29N3O6. The van der Waals surface area contributed by atoms with Crippen LogP contribution in [0.3, 0.4) is 0 Å². The number of nitrogens with one attached hydrogen (secondary N) is 1. The highest BCUT2D eigenvalue weighted by atomic mass is 16.5. The number of carbonyl (C=O) groups is 2. The summed E-state index contributed by atoms with van der Waals surface area (Å²) >= 11 is 0. The number of likely N-dealkylation sites (tertiary alicyclic amines) is 1. The molecule has 2 saturated heterocycles. The number of rotatable bonds is 6. The molecule has 0 spiro atoms. The number of nitrogens with zero attached hydrogens (tertiary/aromatic N) is 2. The van der Waals surface area contributed by atoms with E-state index in [2.05, 4.69) is 5.32 Å². The number of ether oxygens (including phenoxy) is 3. The molecule has 0 aliphatic carbocycles. The second kappa shape index (κ2) is 9.51. The number of methoxy groups -OCH3 is 2. The van der Waals surface area contributed by atoms with E-state index in [1.165, 1.54) is 17.7 Å². The summed E-state index contributed by atoms with van der Waals surface area (Å²) in [4.78, 5) is 39.1. The minimum absolute atomic E-state index is 0.0131. The highest BCUT2D eigenvalue weighted by Crippen LogP contribution is 2.27. The number of piperidine rings is 1. The third kappa shape index (κ3) is 4.85. The van der Waals surface area contributed by atoms with Gasteiger partial charge in [0.05, 0.1) is 18.8 Å². The average Bonchev–Trinajstić information content (AvgIpc) is 2.75. The van der Waals surface area contributed by atoms with Gasteiger partial charge >= 0.3 is 0 Å². The van der Waals surface area contributed by atoms with Gasteiger partial charge in [-0.15, -0.1) is 0 Å². The highest BCUT2D eigenvalue weighted by Gasteiger charge is 2.44. The number of pyridine rings is 1. The van der Waals surface area contributed by atoms with Crippen LogP contribution in [0.5, 0.6) is 0 Å². The molecule has 1 N–H and O–H groups in total. The topological polar surface area (TPSA) is 99.1 Å². The van der Waals surface area contributed by atoms with E-state index in [0.717, 1.165) is 6.42 Å². The first kappa shape index (κ1) is 21.5. The Labute approximate surface area is 169 Å². The van der Waals surface area contributed by atoms with Gasteiger partial charge in [0.15, 0.2) is 0 Å². The molecule has 0 saturated carbocycles. The summed E-state index contributed by atoms with van der Waals surface area (Å²) in [5.74, 6) is -0.354. The Kier molecular flexibility index (Phi) is 7.05. The first-order valence-corrected chi connectivity index (χ1v) is 9.89. The Morgan fingerprint density at radius 3 is 2.69 bits per heavy atom. The maximum absolute atomic E-state index is 13.0. The van der Waals surface area contributed by atoms with Gasteiger partial charge in [-0.1, -0.05) is 6.07 Å². The maximum Gasteiger partial charge on any atom is 0.252 e. The van der Waals surface area contributed by atoms with Crippen LogP contribution in [0, 0.1) is 0 Å². The van der Waals surface area contributed by atoms with E-state index in [-0.39, 0.29) is 36.1 Å². The summed E-state index contributed by atoms with van der Waals surface area (Å²) in [5, 5.41) is 3.01. The van der Waals surface area contributed by atoms with Gasteiger partial charge in [-0.3, -0.25) is 14.4 Å². The fourth-order valence-electron chi connectivity index (χ4n) is 3.91. The molecule has 0 bridgehead atoms. The van der Waals surface area contributed by atoms with Crippen LogP contribution in [-0.4, -0.2) is 79.6 Å². The van der Waals surface area contributed by atoms with Crippen molar-refractivity contribution in [2.75, 3.05) is 40.5 Å². The van der Waals surface area contributed by atoms with Crippen LogP contribution >= 0.6 is 0 Å². The van der Waals surface area contributed by atoms with Gasteiger partial charge < -0.3 is 29.0 Å². The maximum atomic E-state index is 13.0. The minimum Gasteiger partial charge on any atom is -0.379 e. The third-order valence-corrected chi connectivity index (χ3v) is 5.85. The molecule has 2 aliphatic heterocycles. The van der Waals surface area contributed by atoms with E-state index in [1.54, 1.807) is 30.3 Å². The number of hydrogen-bond acceptors (Lipinski definition) is 6. The summed E-state index contributed by atoms with van der Waals surface area (Å²) in [6.45, 7) is 1.77. The molecule has 2 atom stereocenters. The van der Waals surface area contributed by atoms with Crippen molar-refractivity contribution in [2.45, 2.75) is 43.6 Å². The standard InChI is InChI=1S/C20H29N3O6/c1-27-16-6-12-29-14-15(16)21-19(26)20(28-2)7-10-22(11-8-20)18(25)13-23-9-4-3-5-17(23)24/h3-5,9,15-16H,6-8,10-14H2,1-2H3,(H,21,26)/t15-,16-/m1/s1. The van der Waals surface area contributed by atoms with Crippen molar-refractivity contribution in [2.24, 2.45) is 0 Å². The molecule has 9 nitrogen and oxygen atoms in total. The smallest absolute Gasteiger partial charge is 0.252 e.